The molecule has 3 nitrogen and oxygen atoms in total. The second kappa shape index (κ2) is 4.49. The van der Waals surface area contributed by atoms with E-state index in [1.165, 1.54) is 19.3 Å². The molecule has 4 heteroatoms. The monoisotopic (exact) mass is 247 g/mol. The molecule has 88 valence electrons. The second-order valence-corrected chi connectivity index (χ2v) is 4.90. The molecule has 1 heterocycles. The average molecular weight is 248 g/mol. The zero-order valence-electron chi connectivity index (χ0n) is 9.51. The smallest absolute Gasteiger partial charge is 0.225 e. The van der Waals surface area contributed by atoms with Gasteiger partial charge in [-0.05, 0) is 30.4 Å². The van der Waals surface area contributed by atoms with Crippen LogP contribution in [0.5, 0.6) is 0 Å². The van der Waals surface area contributed by atoms with Crippen LogP contribution >= 0.6 is 11.6 Å². The molecule has 0 saturated heterocycles. The van der Waals surface area contributed by atoms with Crippen LogP contribution in [-0.2, 0) is 6.54 Å². The van der Waals surface area contributed by atoms with Gasteiger partial charge in [0.1, 0.15) is 0 Å². The Morgan fingerprint density at radius 2 is 1.94 bits per heavy atom. The van der Waals surface area contributed by atoms with Crippen molar-refractivity contribution >= 4 is 11.6 Å². The maximum absolute atomic E-state index is 6.11. The number of benzene rings is 1. The third-order valence-corrected chi connectivity index (χ3v) is 3.68. The van der Waals surface area contributed by atoms with Gasteiger partial charge in [0, 0.05) is 12.1 Å². The number of nitrogens with zero attached hydrogens (tertiary/aromatic N) is 3. The van der Waals surface area contributed by atoms with Crippen LogP contribution in [0.25, 0.3) is 11.4 Å². The van der Waals surface area contributed by atoms with Crippen molar-refractivity contribution in [2.24, 2.45) is 5.92 Å². The summed E-state index contributed by atoms with van der Waals surface area (Å²) in [5.41, 5.74) is 1.08. The van der Waals surface area contributed by atoms with Crippen LogP contribution in [0.1, 0.15) is 19.3 Å². The lowest BCUT2D eigenvalue weighted by Crippen LogP contribution is -2.18. The molecular formula is C13H14ClN3. The Morgan fingerprint density at radius 1 is 1.18 bits per heavy atom. The Kier molecular flexibility index (Phi) is 2.85. The molecule has 1 saturated carbocycles. The van der Waals surface area contributed by atoms with Crippen LogP contribution in [0, 0.1) is 5.92 Å². The normalized spacial score (nSPS) is 15.8. The molecule has 0 aliphatic heterocycles. The van der Waals surface area contributed by atoms with Gasteiger partial charge in [0.05, 0.1) is 0 Å². The molecule has 1 aliphatic carbocycles. The lowest BCUT2D eigenvalue weighted by Gasteiger charge is -2.26. The maximum atomic E-state index is 6.11. The SMILES string of the molecule is Clc1nnc(-c2ccccc2)n1CC1CCC1. The van der Waals surface area contributed by atoms with Gasteiger partial charge in [0.15, 0.2) is 5.82 Å². The van der Waals surface area contributed by atoms with E-state index in [1.807, 2.05) is 34.9 Å². The largest absolute Gasteiger partial charge is 0.298 e. The fraction of sp³-hybridized carbons (Fsp3) is 0.385. The van der Waals surface area contributed by atoms with E-state index < -0.39 is 0 Å². The average Bonchev–Trinajstić information content (AvgIpc) is 2.66. The molecule has 1 aromatic heterocycles. The first-order chi connectivity index (χ1) is 8.34. The van der Waals surface area contributed by atoms with Crippen LogP contribution in [0.15, 0.2) is 30.3 Å². The van der Waals surface area contributed by atoms with Crippen molar-refractivity contribution in [1.82, 2.24) is 14.8 Å². The Balaban J connectivity index is 1.94. The molecule has 0 atom stereocenters. The lowest BCUT2D eigenvalue weighted by atomic mass is 9.85. The van der Waals surface area contributed by atoms with Crippen LogP contribution in [0.4, 0.5) is 0 Å². The Hall–Kier alpha value is -1.35. The van der Waals surface area contributed by atoms with E-state index in [1.54, 1.807) is 0 Å². The van der Waals surface area contributed by atoms with Crippen molar-refractivity contribution in [2.45, 2.75) is 25.8 Å². The van der Waals surface area contributed by atoms with Crippen LogP contribution in [-0.4, -0.2) is 14.8 Å². The molecule has 0 N–H and O–H groups in total. The molecule has 0 radical (unpaired) electrons. The molecule has 3 rings (SSSR count). The van der Waals surface area contributed by atoms with Crippen LogP contribution in [0.2, 0.25) is 5.28 Å². The zero-order chi connectivity index (χ0) is 11.7. The molecule has 0 amide bonds. The summed E-state index contributed by atoms with van der Waals surface area (Å²) in [6.45, 7) is 0.941. The summed E-state index contributed by atoms with van der Waals surface area (Å²) in [7, 11) is 0. The highest BCUT2D eigenvalue weighted by Crippen LogP contribution is 2.30. The summed E-state index contributed by atoms with van der Waals surface area (Å²) >= 11 is 6.11. The quantitative estimate of drug-likeness (QED) is 0.832. The Bertz CT molecular complexity index is 503. The first kappa shape index (κ1) is 10.8. The molecule has 1 fully saturated rings. The van der Waals surface area contributed by atoms with Gasteiger partial charge >= 0.3 is 0 Å². The van der Waals surface area contributed by atoms with E-state index in [2.05, 4.69) is 10.2 Å². The van der Waals surface area contributed by atoms with Crippen molar-refractivity contribution in [3.63, 3.8) is 0 Å². The van der Waals surface area contributed by atoms with Crippen LogP contribution < -0.4 is 0 Å². The predicted octanol–water partition coefficient (Wildman–Crippen LogP) is 3.40. The lowest BCUT2D eigenvalue weighted by molar-refractivity contribution is 0.277. The molecule has 1 aliphatic rings. The molecule has 2 aromatic rings. The summed E-state index contributed by atoms with van der Waals surface area (Å²) < 4.78 is 2.03. The Labute approximate surface area is 105 Å². The minimum atomic E-state index is 0.496. The standard InChI is InChI=1S/C13H14ClN3/c14-13-16-15-12(11-7-2-1-3-8-11)17(13)9-10-5-4-6-10/h1-3,7-8,10H,4-6,9H2. The van der Waals surface area contributed by atoms with Gasteiger partial charge in [-0.25, -0.2) is 0 Å². The van der Waals surface area contributed by atoms with E-state index in [9.17, 15) is 0 Å². The number of rotatable bonds is 3. The molecule has 17 heavy (non-hydrogen) atoms. The highest BCUT2D eigenvalue weighted by molar-refractivity contribution is 6.28. The van der Waals surface area contributed by atoms with Gasteiger partial charge < -0.3 is 0 Å². The highest BCUT2D eigenvalue weighted by Gasteiger charge is 2.21. The third-order valence-electron chi connectivity index (χ3n) is 3.40. The fourth-order valence-electron chi connectivity index (χ4n) is 2.18. The van der Waals surface area contributed by atoms with Crippen molar-refractivity contribution in [1.29, 1.82) is 0 Å². The topological polar surface area (TPSA) is 30.7 Å². The van der Waals surface area contributed by atoms with Crippen molar-refractivity contribution < 1.29 is 0 Å². The minimum absolute atomic E-state index is 0.496. The fourth-order valence-corrected chi connectivity index (χ4v) is 2.37. The van der Waals surface area contributed by atoms with Crippen molar-refractivity contribution in [3.8, 4) is 11.4 Å². The summed E-state index contributed by atoms with van der Waals surface area (Å²) in [6.07, 6.45) is 3.93. The molecule has 1 aromatic carbocycles. The van der Waals surface area contributed by atoms with E-state index >= 15 is 0 Å². The first-order valence-electron chi connectivity index (χ1n) is 5.99. The number of aromatic nitrogens is 3. The van der Waals surface area contributed by atoms with Crippen molar-refractivity contribution in [2.75, 3.05) is 0 Å². The van der Waals surface area contributed by atoms with Gasteiger partial charge in [0.2, 0.25) is 5.28 Å². The maximum Gasteiger partial charge on any atom is 0.225 e. The molecular weight excluding hydrogens is 234 g/mol. The molecule has 0 spiro atoms. The number of halogens is 1. The van der Waals surface area contributed by atoms with Gasteiger partial charge in [-0.1, -0.05) is 36.8 Å². The summed E-state index contributed by atoms with van der Waals surface area (Å²) in [5, 5.41) is 8.66. The Morgan fingerprint density at radius 3 is 2.59 bits per heavy atom. The van der Waals surface area contributed by atoms with E-state index in [0.717, 1.165) is 23.9 Å². The van der Waals surface area contributed by atoms with E-state index in [4.69, 9.17) is 11.6 Å². The van der Waals surface area contributed by atoms with Crippen LogP contribution in [0.3, 0.4) is 0 Å². The first-order valence-corrected chi connectivity index (χ1v) is 6.36. The second-order valence-electron chi connectivity index (χ2n) is 4.57. The van der Waals surface area contributed by atoms with Gasteiger partial charge in [-0.2, -0.15) is 0 Å². The molecule has 0 unspecified atom stereocenters. The zero-order valence-corrected chi connectivity index (χ0v) is 10.3. The van der Waals surface area contributed by atoms with Gasteiger partial charge in [-0.15, -0.1) is 10.2 Å². The minimum Gasteiger partial charge on any atom is -0.298 e. The number of hydrogen-bond donors (Lipinski definition) is 0. The van der Waals surface area contributed by atoms with Gasteiger partial charge in [-0.3, -0.25) is 4.57 Å². The summed E-state index contributed by atoms with van der Waals surface area (Å²) in [4.78, 5) is 0. The highest BCUT2D eigenvalue weighted by atomic mass is 35.5. The molecule has 0 bridgehead atoms. The summed E-state index contributed by atoms with van der Waals surface area (Å²) in [6, 6.07) is 10.1. The van der Waals surface area contributed by atoms with Crippen molar-refractivity contribution in [3.05, 3.63) is 35.6 Å². The summed E-state index contributed by atoms with van der Waals surface area (Å²) in [5.74, 6) is 1.62. The third kappa shape index (κ3) is 2.07. The predicted molar refractivity (Wildman–Crippen MR) is 67.8 cm³/mol. The van der Waals surface area contributed by atoms with E-state index in [0.29, 0.717) is 5.28 Å². The van der Waals surface area contributed by atoms with Gasteiger partial charge in [0.25, 0.3) is 0 Å². The number of hydrogen-bond acceptors (Lipinski definition) is 2. The van der Waals surface area contributed by atoms with E-state index in [-0.39, 0.29) is 0 Å².